The van der Waals surface area contributed by atoms with E-state index in [0.717, 1.165) is 5.56 Å². The lowest BCUT2D eigenvalue weighted by Crippen LogP contribution is -2.29. The number of rotatable bonds is 7. The molecule has 152 valence electrons. The minimum absolute atomic E-state index is 0.0834. The van der Waals surface area contributed by atoms with Gasteiger partial charge in [0.25, 0.3) is 5.56 Å². The van der Waals surface area contributed by atoms with Crippen LogP contribution < -0.4 is 5.56 Å². The lowest BCUT2D eigenvalue weighted by Gasteiger charge is -2.22. The summed E-state index contributed by atoms with van der Waals surface area (Å²) < 4.78 is 6.73. The van der Waals surface area contributed by atoms with E-state index in [1.165, 1.54) is 11.8 Å². The molecule has 0 aliphatic heterocycles. The van der Waals surface area contributed by atoms with E-state index >= 15 is 0 Å². The predicted octanol–water partition coefficient (Wildman–Crippen LogP) is 3.62. The third kappa shape index (κ3) is 4.80. The van der Waals surface area contributed by atoms with Crippen LogP contribution in [-0.2, 0) is 16.1 Å². The number of hydrogen-bond acceptors (Lipinski definition) is 5. The second-order valence-electron chi connectivity index (χ2n) is 6.65. The third-order valence-corrected chi connectivity index (χ3v) is 5.86. The first-order valence-electron chi connectivity index (χ1n) is 9.04. The number of halogens is 1. The number of aromatic nitrogens is 2. The minimum Gasteiger partial charge on any atom is -0.383 e. The molecule has 1 amide bonds. The zero-order valence-corrected chi connectivity index (χ0v) is 18.0. The zero-order valence-electron chi connectivity index (χ0n) is 16.5. The largest absolute Gasteiger partial charge is 0.383 e. The van der Waals surface area contributed by atoms with Crippen molar-refractivity contribution in [1.29, 1.82) is 0 Å². The molecule has 1 aromatic heterocycles. The second kappa shape index (κ2) is 9.43. The maximum atomic E-state index is 13.1. The van der Waals surface area contributed by atoms with Crippen molar-refractivity contribution in [1.82, 2.24) is 14.5 Å². The third-order valence-electron chi connectivity index (χ3n) is 4.39. The summed E-state index contributed by atoms with van der Waals surface area (Å²) in [5.41, 5.74) is 1.16. The molecule has 3 aromatic rings. The van der Waals surface area contributed by atoms with Crippen molar-refractivity contribution in [2.45, 2.75) is 17.0 Å². The second-order valence-corrected chi connectivity index (χ2v) is 8.16. The van der Waals surface area contributed by atoms with E-state index in [0.29, 0.717) is 34.2 Å². The molecule has 0 spiro atoms. The molecular formula is C21H22ClN3O3S. The molecule has 1 heterocycles. The summed E-state index contributed by atoms with van der Waals surface area (Å²) in [6, 6.07) is 14.5. The molecule has 3 rings (SSSR count). The Labute approximate surface area is 178 Å². The maximum absolute atomic E-state index is 13.1. The maximum Gasteiger partial charge on any atom is 0.262 e. The van der Waals surface area contributed by atoms with E-state index in [4.69, 9.17) is 16.3 Å². The van der Waals surface area contributed by atoms with Gasteiger partial charge in [-0.2, -0.15) is 0 Å². The van der Waals surface area contributed by atoms with Gasteiger partial charge in [-0.15, -0.1) is 0 Å². The first-order valence-corrected chi connectivity index (χ1v) is 10.3. The van der Waals surface area contributed by atoms with E-state index in [2.05, 4.69) is 4.98 Å². The summed E-state index contributed by atoms with van der Waals surface area (Å²) in [5, 5.41) is 0.887. The monoisotopic (exact) mass is 431 g/mol. The SMILES string of the molecule is COCCn1c(S[C@H](C(=O)N(C)C)c2ccccc2)nc2cc(Cl)ccc2c1=O. The van der Waals surface area contributed by atoms with Crippen LogP contribution in [0.5, 0.6) is 0 Å². The Morgan fingerprint density at radius 3 is 2.62 bits per heavy atom. The van der Waals surface area contributed by atoms with Crippen LogP contribution >= 0.6 is 23.4 Å². The van der Waals surface area contributed by atoms with Gasteiger partial charge in [0.05, 0.1) is 24.1 Å². The molecule has 8 heteroatoms. The van der Waals surface area contributed by atoms with Gasteiger partial charge in [0.15, 0.2) is 5.16 Å². The van der Waals surface area contributed by atoms with Crippen LogP contribution in [-0.4, -0.2) is 48.2 Å². The zero-order chi connectivity index (χ0) is 21.0. The van der Waals surface area contributed by atoms with Gasteiger partial charge in [0.2, 0.25) is 5.91 Å². The number of methoxy groups -OCH3 is 1. The van der Waals surface area contributed by atoms with Crippen molar-refractivity contribution in [2.24, 2.45) is 0 Å². The molecule has 0 unspecified atom stereocenters. The molecule has 0 bridgehead atoms. The van der Waals surface area contributed by atoms with Gasteiger partial charge in [0.1, 0.15) is 5.25 Å². The van der Waals surface area contributed by atoms with Crippen molar-refractivity contribution >= 4 is 40.2 Å². The average Bonchev–Trinajstić information content (AvgIpc) is 2.71. The van der Waals surface area contributed by atoms with E-state index in [-0.39, 0.29) is 11.5 Å². The molecule has 0 N–H and O–H groups in total. The van der Waals surface area contributed by atoms with Crippen molar-refractivity contribution in [2.75, 3.05) is 27.8 Å². The van der Waals surface area contributed by atoms with Gasteiger partial charge in [-0.1, -0.05) is 53.7 Å². The van der Waals surface area contributed by atoms with Crippen molar-refractivity contribution in [3.05, 3.63) is 69.5 Å². The average molecular weight is 432 g/mol. The van der Waals surface area contributed by atoms with Crippen LogP contribution in [0, 0.1) is 0 Å². The molecule has 0 fully saturated rings. The van der Waals surface area contributed by atoms with Crippen LogP contribution in [0.1, 0.15) is 10.8 Å². The number of thioether (sulfide) groups is 1. The van der Waals surface area contributed by atoms with E-state index in [1.54, 1.807) is 48.9 Å². The molecule has 0 aliphatic carbocycles. The summed E-state index contributed by atoms with van der Waals surface area (Å²) in [4.78, 5) is 32.2. The molecular weight excluding hydrogens is 410 g/mol. The summed E-state index contributed by atoms with van der Waals surface area (Å²) in [5.74, 6) is -0.0834. The summed E-state index contributed by atoms with van der Waals surface area (Å²) >= 11 is 7.36. The highest BCUT2D eigenvalue weighted by atomic mass is 35.5. The molecule has 0 radical (unpaired) electrons. The standard InChI is InChI=1S/C21H22ClN3O3S/c1-24(2)20(27)18(14-7-5-4-6-8-14)29-21-23-17-13-15(22)9-10-16(17)19(26)25(21)11-12-28-3/h4-10,13,18H,11-12H2,1-3H3/t18-/m0/s1. The first-order chi connectivity index (χ1) is 13.9. The van der Waals surface area contributed by atoms with Gasteiger partial charge >= 0.3 is 0 Å². The Bertz CT molecular complexity index is 1070. The van der Waals surface area contributed by atoms with Crippen molar-refractivity contribution < 1.29 is 9.53 Å². The Morgan fingerprint density at radius 1 is 1.24 bits per heavy atom. The Kier molecular flexibility index (Phi) is 6.95. The van der Waals surface area contributed by atoms with Gasteiger partial charge in [-0.25, -0.2) is 4.98 Å². The fourth-order valence-electron chi connectivity index (χ4n) is 2.87. The topological polar surface area (TPSA) is 64.4 Å². The lowest BCUT2D eigenvalue weighted by molar-refractivity contribution is -0.128. The fraction of sp³-hybridized carbons (Fsp3) is 0.286. The molecule has 2 aromatic carbocycles. The molecule has 6 nitrogen and oxygen atoms in total. The van der Waals surface area contributed by atoms with E-state index < -0.39 is 5.25 Å². The predicted molar refractivity (Wildman–Crippen MR) is 117 cm³/mol. The number of amides is 1. The summed E-state index contributed by atoms with van der Waals surface area (Å²) in [7, 11) is 5.00. The highest BCUT2D eigenvalue weighted by Gasteiger charge is 2.26. The number of likely N-dealkylation sites (N-methyl/N-ethyl adjacent to an activating group) is 1. The smallest absolute Gasteiger partial charge is 0.262 e. The number of hydrogen-bond donors (Lipinski definition) is 0. The lowest BCUT2D eigenvalue weighted by atomic mass is 10.1. The Balaban J connectivity index is 2.14. The summed E-state index contributed by atoms with van der Waals surface area (Å²) in [6.07, 6.45) is 0. The number of carbonyl (C=O) groups excluding carboxylic acids is 1. The van der Waals surface area contributed by atoms with Gasteiger partial charge < -0.3 is 9.64 Å². The highest BCUT2D eigenvalue weighted by molar-refractivity contribution is 8.00. The van der Waals surface area contributed by atoms with Crippen LogP contribution in [0.2, 0.25) is 5.02 Å². The van der Waals surface area contributed by atoms with Gasteiger partial charge in [0, 0.05) is 26.2 Å². The highest BCUT2D eigenvalue weighted by Crippen LogP contribution is 2.35. The number of fused-ring (bicyclic) bond motifs is 1. The normalized spacial score (nSPS) is 12.1. The van der Waals surface area contributed by atoms with Gasteiger partial charge in [-0.05, 0) is 23.8 Å². The number of benzene rings is 2. The molecule has 29 heavy (non-hydrogen) atoms. The molecule has 0 aliphatic rings. The molecule has 0 saturated heterocycles. The minimum atomic E-state index is -0.538. The number of nitrogens with zero attached hydrogens (tertiary/aromatic N) is 3. The number of carbonyl (C=O) groups is 1. The van der Waals surface area contributed by atoms with Gasteiger partial charge in [-0.3, -0.25) is 14.2 Å². The van der Waals surface area contributed by atoms with E-state index in [1.807, 2.05) is 30.3 Å². The molecule has 0 saturated carbocycles. The van der Waals surface area contributed by atoms with Crippen LogP contribution in [0.15, 0.2) is 58.5 Å². The first kappa shape index (κ1) is 21.4. The molecule has 1 atom stereocenters. The van der Waals surface area contributed by atoms with Crippen LogP contribution in [0.25, 0.3) is 10.9 Å². The van der Waals surface area contributed by atoms with Crippen molar-refractivity contribution in [3.8, 4) is 0 Å². The van der Waals surface area contributed by atoms with E-state index in [9.17, 15) is 9.59 Å². The Hall–Kier alpha value is -2.35. The fourth-order valence-corrected chi connectivity index (χ4v) is 4.31. The quantitative estimate of drug-likeness (QED) is 0.422. The van der Waals surface area contributed by atoms with Crippen LogP contribution in [0.3, 0.4) is 0 Å². The van der Waals surface area contributed by atoms with Crippen molar-refractivity contribution in [3.63, 3.8) is 0 Å². The number of ether oxygens (including phenoxy) is 1. The summed E-state index contributed by atoms with van der Waals surface area (Å²) in [6.45, 7) is 0.687. The van der Waals surface area contributed by atoms with Crippen LogP contribution in [0.4, 0.5) is 0 Å². The Morgan fingerprint density at radius 2 is 1.97 bits per heavy atom.